The van der Waals surface area contributed by atoms with Crippen LogP contribution in [0.25, 0.3) is 10.8 Å². The zero-order valence-corrected chi connectivity index (χ0v) is 14.5. The van der Waals surface area contributed by atoms with Crippen molar-refractivity contribution >= 4 is 32.6 Å². The number of nitrogens with zero attached hydrogens (tertiary/aromatic N) is 1. The molecular formula is C20H12BrFN2O. The maximum absolute atomic E-state index is 13.6. The fraction of sp³-hybridized carbons (Fsp3) is 0.100. The van der Waals surface area contributed by atoms with Gasteiger partial charge in [-0.05, 0) is 39.0 Å². The van der Waals surface area contributed by atoms with E-state index >= 15 is 0 Å². The summed E-state index contributed by atoms with van der Waals surface area (Å²) < 4.78 is 19.7. The molecule has 3 aromatic rings. The smallest absolute Gasteiger partial charge is 0.205 e. The van der Waals surface area contributed by atoms with Gasteiger partial charge in [-0.25, -0.2) is 4.39 Å². The molecule has 1 N–H and O–H groups in total. The standard InChI is InChI=1S/C20H12BrFN2O/c21-16-9-12(6-8-17(16)22)18-14-7-5-11-3-1-2-4-13(11)19(14)25-20(24)15(18)10-23/h1-9,15,18,24H. The van der Waals surface area contributed by atoms with Crippen molar-refractivity contribution in [3.05, 3.63) is 76.0 Å². The third-order valence-electron chi connectivity index (χ3n) is 4.51. The molecule has 122 valence electrons. The van der Waals surface area contributed by atoms with Crippen LogP contribution in [0, 0.1) is 28.5 Å². The van der Waals surface area contributed by atoms with E-state index in [1.54, 1.807) is 12.1 Å². The number of hydrogen-bond donors (Lipinski definition) is 1. The zero-order valence-electron chi connectivity index (χ0n) is 13.0. The van der Waals surface area contributed by atoms with Gasteiger partial charge in [0.25, 0.3) is 0 Å². The molecule has 3 aromatic carbocycles. The van der Waals surface area contributed by atoms with E-state index in [1.807, 2.05) is 36.4 Å². The van der Waals surface area contributed by atoms with Crippen LogP contribution in [-0.2, 0) is 0 Å². The number of hydrogen-bond acceptors (Lipinski definition) is 3. The van der Waals surface area contributed by atoms with Gasteiger partial charge in [-0.1, -0.05) is 42.5 Å². The normalized spacial score (nSPS) is 19.2. The van der Waals surface area contributed by atoms with Gasteiger partial charge in [0.1, 0.15) is 17.5 Å². The summed E-state index contributed by atoms with van der Waals surface area (Å²) in [5.74, 6) is -0.997. The summed E-state index contributed by atoms with van der Waals surface area (Å²) in [6, 6.07) is 18.5. The summed E-state index contributed by atoms with van der Waals surface area (Å²) in [5.41, 5.74) is 1.60. The molecule has 1 aliphatic rings. The van der Waals surface area contributed by atoms with E-state index < -0.39 is 5.92 Å². The first-order chi connectivity index (χ1) is 12.1. The molecule has 2 atom stereocenters. The predicted molar refractivity (Wildman–Crippen MR) is 97.3 cm³/mol. The third kappa shape index (κ3) is 2.50. The first kappa shape index (κ1) is 15.8. The van der Waals surface area contributed by atoms with Crippen LogP contribution in [-0.4, -0.2) is 5.90 Å². The molecule has 4 rings (SSSR count). The van der Waals surface area contributed by atoms with Crippen LogP contribution in [0.4, 0.5) is 4.39 Å². The van der Waals surface area contributed by atoms with Crippen LogP contribution < -0.4 is 4.74 Å². The molecule has 2 unspecified atom stereocenters. The molecule has 25 heavy (non-hydrogen) atoms. The van der Waals surface area contributed by atoms with E-state index in [0.29, 0.717) is 10.2 Å². The lowest BCUT2D eigenvalue weighted by atomic mass is 9.78. The second-order valence-electron chi connectivity index (χ2n) is 5.93. The van der Waals surface area contributed by atoms with Crippen LogP contribution in [0.1, 0.15) is 17.0 Å². The maximum Gasteiger partial charge on any atom is 0.205 e. The number of halogens is 2. The van der Waals surface area contributed by atoms with Gasteiger partial charge in [0, 0.05) is 16.9 Å². The van der Waals surface area contributed by atoms with E-state index in [-0.39, 0.29) is 17.6 Å². The molecule has 0 saturated carbocycles. The van der Waals surface area contributed by atoms with Crippen LogP contribution in [0.3, 0.4) is 0 Å². The first-order valence-corrected chi connectivity index (χ1v) is 8.52. The summed E-state index contributed by atoms with van der Waals surface area (Å²) in [4.78, 5) is 0. The van der Waals surface area contributed by atoms with Gasteiger partial charge in [0.2, 0.25) is 5.90 Å². The Bertz CT molecular complexity index is 1060. The van der Waals surface area contributed by atoms with Crippen molar-refractivity contribution in [2.45, 2.75) is 5.92 Å². The minimum Gasteiger partial charge on any atom is -0.441 e. The second kappa shape index (κ2) is 5.98. The molecule has 0 fully saturated rings. The third-order valence-corrected chi connectivity index (χ3v) is 5.12. The van der Waals surface area contributed by atoms with Crippen molar-refractivity contribution in [2.75, 3.05) is 0 Å². The topological polar surface area (TPSA) is 56.9 Å². The number of ether oxygens (including phenoxy) is 1. The highest BCUT2D eigenvalue weighted by Gasteiger charge is 2.37. The second-order valence-corrected chi connectivity index (χ2v) is 6.78. The van der Waals surface area contributed by atoms with Gasteiger partial charge in [-0.2, -0.15) is 5.26 Å². The fourth-order valence-electron chi connectivity index (χ4n) is 3.33. The molecule has 1 heterocycles. The van der Waals surface area contributed by atoms with Crippen molar-refractivity contribution in [2.24, 2.45) is 5.92 Å². The predicted octanol–water partition coefficient (Wildman–Crippen LogP) is 5.38. The number of rotatable bonds is 1. The monoisotopic (exact) mass is 394 g/mol. The highest BCUT2D eigenvalue weighted by molar-refractivity contribution is 9.10. The zero-order chi connectivity index (χ0) is 17.6. The van der Waals surface area contributed by atoms with E-state index in [0.717, 1.165) is 21.9 Å². The summed E-state index contributed by atoms with van der Waals surface area (Å²) in [6.07, 6.45) is 0. The van der Waals surface area contributed by atoms with Crippen LogP contribution >= 0.6 is 15.9 Å². The molecular weight excluding hydrogens is 383 g/mol. The van der Waals surface area contributed by atoms with E-state index in [1.165, 1.54) is 6.07 Å². The van der Waals surface area contributed by atoms with E-state index in [2.05, 4.69) is 22.0 Å². The lowest BCUT2D eigenvalue weighted by Crippen LogP contribution is -2.31. The van der Waals surface area contributed by atoms with Gasteiger partial charge >= 0.3 is 0 Å². The van der Waals surface area contributed by atoms with Gasteiger partial charge in [0.05, 0.1) is 10.5 Å². The molecule has 1 aliphatic heterocycles. The molecule has 0 amide bonds. The van der Waals surface area contributed by atoms with Gasteiger partial charge in [-0.15, -0.1) is 0 Å². The van der Waals surface area contributed by atoms with Gasteiger partial charge in [0.15, 0.2) is 0 Å². The van der Waals surface area contributed by atoms with Crippen molar-refractivity contribution in [3.63, 3.8) is 0 Å². The number of fused-ring (bicyclic) bond motifs is 3. The van der Waals surface area contributed by atoms with Crippen LogP contribution in [0.15, 0.2) is 59.1 Å². The molecule has 0 aromatic heterocycles. The fourth-order valence-corrected chi connectivity index (χ4v) is 3.73. The first-order valence-electron chi connectivity index (χ1n) is 7.72. The lowest BCUT2D eigenvalue weighted by molar-refractivity contribution is 0.455. The highest BCUT2D eigenvalue weighted by atomic mass is 79.9. The Hall–Kier alpha value is -2.71. The van der Waals surface area contributed by atoms with Crippen molar-refractivity contribution in [3.8, 4) is 11.8 Å². The Labute approximate surface area is 152 Å². The van der Waals surface area contributed by atoms with E-state index in [9.17, 15) is 9.65 Å². The van der Waals surface area contributed by atoms with Crippen molar-refractivity contribution < 1.29 is 9.13 Å². The Morgan fingerprint density at radius 1 is 1.12 bits per heavy atom. The van der Waals surface area contributed by atoms with E-state index in [4.69, 9.17) is 10.1 Å². The molecule has 0 saturated heterocycles. The Kier molecular flexibility index (Phi) is 3.78. The van der Waals surface area contributed by atoms with Crippen LogP contribution in [0.5, 0.6) is 5.75 Å². The van der Waals surface area contributed by atoms with Gasteiger partial charge in [-0.3, -0.25) is 5.41 Å². The average molecular weight is 395 g/mol. The maximum atomic E-state index is 13.6. The lowest BCUT2D eigenvalue weighted by Gasteiger charge is -2.31. The summed E-state index contributed by atoms with van der Waals surface area (Å²) in [5, 5.41) is 19.7. The molecule has 0 spiro atoms. The largest absolute Gasteiger partial charge is 0.441 e. The summed E-state index contributed by atoms with van der Waals surface area (Å²) >= 11 is 3.21. The quantitative estimate of drug-likeness (QED) is 0.601. The SMILES string of the molecule is N#CC1C(=N)Oc2c(ccc3ccccc23)C1c1ccc(F)c(Br)c1. The number of nitriles is 1. The Morgan fingerprint density at radius 3 is 2.68 bits per heavy atom. The minimum atomic E-state index is -0.758. The van der Waals surface area contributed by atoms with Crippen molar-refractivity contribution in [1.29, 1.82) is 10.7 Å². The van der Waals surface area contributed by atoms with Crippen molar-refractivity contribution in [1.82, 2.24) is 0 Å². The summed E-state index contributed by atoms with van der Waals surface area (Å²) in [7, 11) is 0. The van der Waals surface area contributed by atoms with Crippen LogP contribution in [0.2, 0.25) is 0 Å². The average Bonchev–Trinajstić information content (AvgIpc) is 2.63. The molecule has 3 nitrogen and oxygen atoms in total. The molecule has 5 heteroatoms. The summed E-state index contributed by atoms with van der Waals surface area (Å²) in [6.45, 7) is 0. The Morgan fingerprint density at radius 2 is 1.92 bits per heavy atom. The highest BCUT2D eigenvalue weighted by Crippen LogP contribution is 2.45. The minimum absolute atomic E-state index is 0.0863. The molecule has 0 aliphatic carbocycles. The molecule has 0 bridgehead atoms. The number of nitrogens with one attached hydrogen (secondary N) is 1. The Balaban J connectivity index is 1.99. The number of benzene rings is 3. The van der Waals surface area contributed by atoms with Gasteiger partial charge < -0.3 is 4.74 Å². The molecule has 0 radical (unpaired) electrons.